The normalized spacial score (nSPS) is 14.5. The summed E-state index contributed by atoms with van der Waals surface area (Å²) < 4.78 is 0. The maximum Gasteiger partial charge on any atom is 0.323 e. The Kier molecular flexibility index (Phi) is 9.61. The van der Waals surface area contributed by atoms with Gasteiger partial charge in [-0.25, -0.2) is 0 Å². The summed E-state index contributed by atoms with van der Waals surface area (Å²) in [5.74, 6) is -2.94. The van der Waals surface area contributed by atoms with Crippen LogP contribution in [0, 0.1) is 0 Å². The molecule has 0 radical (unpaired) electrons. The van der Waals surface area contributed by atoms with Crippen LogP contribution in [0.15, 0.2) is 0 Å². The van der Waals surface area contributed by atoms with Gasteiger partial charge in [-0.1, -0.05) is 6.92 Å². The number of likely N-dealkylation sites (N-methyl/N-ethyl adjacent to an activating group) is 1. The minimum Gasteiger partial charge on any atom is -0.481 e. The molecule has 8 heteroatoms. The summed E-state index contributed by atoms with van der Waals surface area (Å²) in [5, 5.41) is 27.5. The predicted octanol–water partition coefficient (Wildman–Crippen LogP) is -0.278. The molecule has 0 saturated carbocycles. The third-order valence-corrected chi connectivity index (χ3v) is 2.52. The van der Waals surface area contributed by atoms with Crippen molar-refractivity contribution in [1.29, 1.82) is 0 Å². The van der Waals surface area contributed by atoms with E-state index in [2.05, 4.69) is 5.32 Å². The average Bonchev–Trinajstić information content (AvgIpc) is 2.29. The Morgan fingerprint density at radius 1 is 1.26 bits per heavy atom. The summed E-state index contributed by atoms with van der Waals surface area (Å²) in [6, 6.07) is -0.758. The van der Waals surface area contributed by atoms with Crippen LogP contribution in [0.5, 0.6) is 0 Å². The third kappa shape index (κ3) is 9.98. The van der Waals surface area contributed by atoms with Crippen molar-refractivity contribution in [1.82, 2.24) is 5.32 Å². The zero-order valence-electron chi connectivity index (χ0n) is 11.3. The van der Waals surface area contributed by atoms with Crippen LogP contribution in [-0.2, 0) is 14.4 Å². The molecule has 6 N–H and O–H groups in total. The summed E-state index contributed by atoms with van der Waals surface area (Å²) in [6.45, 7) is 3.24. The number of hydrogen-bond acceptors (Lipinski definition) is 5. The zero-order chi connectivity index (χ0) is 15.6. The minimum absolute atomic E-state index is 0.112. The molecule has 0 aromatic heterocycles. The molecule has 0 saturated heterocycles. The van der Waals surface area contributed by atoms with Crippen molar-refractivity contribution < 1.29 is 29.7 Å². The molecule has 112 valence electrons. The quantitative estimate of drug-likeness (QED) is 0.426. The van der Waals surface area contributed by atoms with E-state index in [-0.39, 0.29) is 12.8 Å². The van der Waals surface area contributed by atoms with E-state index in [1.54, 1.807) is 6.92 Å². The first-order valence-electron chi connectivity index (χ1n) is 5.72. The van der Waals surface area contributed by atoms with Gasteiger partial charge in [0, 0.05) is 6.42 Å². The van der Waals surface area contributed by atoms with Gasteiger partial charge >= 0.3 is 17.9 Å². The monoisotopic (exact) mass is 278 g/mol. The fourth-order valence-corrected chi connectivity index (χ4v) is 0.810. The minimum atomic E-state index is -1.04. The van der Waals surface area contributed by atoms with E-state index in [1.807, 2.05) is 0 Å². The van der Waals surface area contributed by atoms with Gasteiger partial charge < -0.3 is 26.4 Å². The summed E-state index contributed by atoms with van der Waals surface area (Å²) in [5.41, 5.74) is 4.22. The first-order valence-corrected chi connectivity index (χ1v) is 5.72. The van der Waals surface area contributed by atoms with E-state index in [0.29, 0.717) is 6.42 Å². The summed E-state index contributed by atoms with van der Waals surface area (Å²) in [4.78, 5) is 30.4. The molecule has 0 fully saturated rings. The molecule has 0 aliphatic rings. The first kappa shape index (κ1) is 19.7. The fourth-order valence-electron chi connectivity index (χ4n) is 0.810. The Balaban J connectivity index is 0. The topological polar surface area (TPSA) is 150 Å². The molecule has 0 unspecified atom stereocenters. The van der Waals surface area contributed by atoms with E-state index in [9.17, 15) is 14.4 Å². The Bertz CT molecular complexity index is 316. The van der Waals surface area contributed by atoms with Gasteiger partial charge in [-0.2, -0.15) is 0 Å². The number of hydrogen-bond donors (Lipinski definition) is 5. The zero-order valence-corrected chi connectivity index (χ0v) is 11.3. The van der Waals surface area contributed by atoms with Crippen molar-refractivity contribution in [2.24, 2.45) is 5.73 Å². The lowest BCUT2D eigenvalue weighted by Crippen LogP contribution is -2.43. The first-order chi connectivity index (χ1) is 8.58. The van der Waals surface area contributed by atoms with E-state index < -0.39 is 29.5 Å². The van der Waals surface area contributed by atoms with Gasteiger partial charge in [0.05, 0.1) is 0 Å². The van der Waals surface area contributed by atoms with Crippen LogP contribution < -0.4 is 11.1 Å². The van der Waals surface area contributed by atoms with Crippen molar-refractivity contribution in [2.45, 2.75) is 44.7 Å². The highest BCUT2D eigenvalue weighted by Crippen LogP contribution is 2.02. The molecule has 0 rings (SSSR count). The fraction of sp³-hybridized carbons (Fsp3) is 0.727. The van der Waals surface area contributed by atoms with Crippen LogP contribution in [-0.4, -0.2) is 51.9 Å². The Hall–Kier alpha value is -1.67. The number of carboxylic acid groups (broad SMARTS) is 3. The Morgan fingerprint density at radius 3 is 1.89 bits per heavy atom. The van der Waals surface area contributed by atoms with Gasteiger partial charge in [0.2, 0.25) is 0 Å². The molecule has 0 aromatic carbocycles. The molecule has 0 aliphatic heterocycles. The van der Waals surface area contributed by atoms with Crippen molar-refractivity contribution in [2.75, 3.05) is 7.05 Å². The smallest absolute Gasteiger partial charge is 0.323 e. The van der Waals surface area contributed by atoms with E-state index in [1.165, 1.54) is 14.0 Å². The van der Waals surface area contributed by atoms with Crippen LogP contribution in [0.1, 0.15) is 33.1 Å². The van der Waals surface area contributed by atoms with Crippen molar-refractivity contribution in [3.63, 3.8) is 0 Å². The van der Waals surface area contributed by atoms with Crippen LogP contribution >= 0.6 is 0 Å². The number of nitrogens with two attached hydrogens (primary N) is 1. The number of nitrogens with one attached hydrogen (secondary N) is 1. The summed E-state index contributed by atoms with van der Waals surface area (Å²) in [7, 11) is 1.49. The van der Waals surface area contributed by atoms with Gasteiger partial charge in [-0.05, 0) is 26.8 Å². The van der Waals surface area contributed by atoms with Crippen molar-refractivity contribution in [3.8, 4) is 0 Å². The number of aliphatic carboxylic acids is 3. The van der Waals surface area contributed by atoms with Crippen LogP contribution in [0.3, 0.4) is 0 Å². The van der Waals surface area contributed by atoms with E-state index in [4.69, 9.17) is 21.1 Å². The number of rotatable bonds is 7. The molecule has 0 bridgehead atoms. The lowest BCUT2D eigenvalue weighted by Gasteiger charge is -2.14. The predicted molar refractivity (Wildman–Crippen MR) is 67.9 cm³/mol. The molecule has 0 heterocycles. The second kappa shape index (κ2) is 9.29. The van der Waals surface area contributed by atoms with Gasteiger partial charge in [0.25, 0.3) is 0 Å². The van der Waals surface area contributed by atoms with Gasteiger partial charge in [0.15, 0.2) is 0 Å². The molecule has 0 aromatic rings. The largest absolute Gasteiger partial charge is 0.481 e. The van der Waals surface area contributed by atoms with Gasteiger partial charge in [-0.15, -0.1) is 0 Å². The molecule has 8 nitrogen and oxygen atoms in total. The van der Waals surface area contributed by atoms with Crippen LogP contribution in [0.25, 0.3) is 0 Å². The van der Waals surface area contributed by atoms with E-state index >= 15 is 0 Å². The second-order valence-electron chi connectivity index (χ2n) is 4.19. The maximum atomic E-state index is 10.3. The average molecular weight is 278 g/mol. The van der Waals surface area contributed by atoms with Gasteiger partial charge in [-0.3, -0.25) is 14.4 Å². The lowest BCUT2D eigenvalue weighted by atomic mass is 10.0. The highest BCUT2D eigenvalue weighted by Gasteiger charge is 2.24. The van der Waals surface area contributed by atoms with Gasteiger partial charge in [0.1, 0.15) is 11.6 Å². The van der Waals surface area contributed by atoms with Crippen LogP contribution in [0.2, 0.25) is 0 Å². The third-order valence-electron chi connectivity index (χ3n) is 2.52. The number of carbonyl (C=O) groups is 3. The highest BCUT2D eigenvalue weighted by atomic mass is 16.4. The molecular weight excluding hydrogens is 256 g/mol. The Labute approximate surface area is 111 Å². The summed E-state index contributed by atoms with van der Waals surface area (Å²) >= 11 is 0. The molecule has 2 atom stereocenters. The Morgan fingerprint density at radius 2 is 1.74 bits per heavy atom. The standard InChI is InChI=1S/C6H11NO4.C5H11NO2/c1-7-4(6(10)11)2-3-5(8)9;1-3-5(2,6)4(7)8/h4,7H,2-3H2,1H3,(H,8,9)(H,10,11);3,6H2,1-2H3,(H,7,8)/t4-;5-/m01/s1. The lowest BCUT2D eigenvalue weighted by molar-refractivity contribution is -0.143. The van der Waals surface area contributed by atoms with Crippen LogP contribution in [0.4, 0.5) is 0 Å². The summed E-state index contributed by atoms with van der Waals surface area (Å²) in [6.07, 6.45) is 0.446. The van der Waals surface area contributed by atoms with Crippen molar-refractivity contribution >= 4 is 17.9 Å². The highest BCUT2D eigenvalue weighted by molar-refractivity contribution is 5.77. The van der Waals surface area contributed by atoms with E-state index in [0.717, 1.165) is 0 Å². The second-order valence-corrected chi connectivity index (χ2v) is 4.19. The van der Waals surface area contributed by atoms with Crippen molar-refractivity contribution in [3.05, 3.63) is 0 Å². The molecular formula is C11H22N2O6. The molecule has 0 aliphatic carbocycles. The molecule has 0 spiro atoms. The number of carboxylic acids is 3. The molecule has 0 amide bonds. The molecule has 19 heavy (non-hydrogen) atoms. The maximum absolute atomic E-state index is 10.3. The SMILES string of the molecule is CC[C@@](C)(N)C(=O)O.CN[C@@H](CCC(=O)O)C(=O)O.